The number of rotatable bonds is 3. The molecule has 2 aromatic heterocycles. The number of fused-ring (bicyclic) bond motifs is 1. The summed E-state index contributed by atoms with van der Waals surface area (Å²) in [4.78, 5) is 19.7. The largest absolute Gasteiger partial charge is 0.438 e. The van der Waals surface area contributed by atoms with Crippen LogP contribution in [0.3, 0.4) is 0 Å². The maximum Gasteiger partial charge on any atom is 0.229 e. The number of hydrogen-bond donors (Lipinski definition) is 1. The molecule has 28 heavy (non-hydrogen) atoms. The summed E-state index contributed by atoms with van der Waals surface area (Å²) in [5.41, 5.74) is 2.21. The highest BCUT2D eigenvalue weighted by molar-refractivity contribution is 5.86. The first-order valence-corrected chi connectivity index (χ1v) is 8.66. The summed E-state index contributed by atoms with van der Waals surface area (Å²) in [5, 5.41) is 0.857. The van der Waals surface area contributed by atoms with Crippen molar-refractivity contribution in [2.45, 2.75) is 13.8 Å². The molecule has 0 fully saturated rings. The molecule has 2 aromatic carbocycles. The van der Waals surface area contributed by atoms with Crippen molar-refractivity contribution in [2.24, 2.45) is 0 Å². The fraction of sp³-hybridized carbons (Fsp3) is 0.0909. The second-order valence-electron chi connectivity index (χ2n) is 6.46. The third kappa shape index (κ3) is 3.03. The number of benzene rings is 2. The summed E-state index contributed by atoms with van der Waals surface area (Å²) in [6, 6.07) is 13.1. The molecule has 0 saturated heterocycles. The van der Waals surface area contributed by atoms with Crippen molar-refractivity contribution in [3.05, 3.63) is 87.7 Å². The van der Waals surface area contributed by atoms with E-state index in [0.29, 0.717) is 22.3 Å². The van der Waals surface area contributed by atoms with Crippen molar-refractivity contribution in [1.29, 1.82) is 0 Å². The molecule has 0 bridgehead atoms. The van der Waals surface area contributed by atoms with Crippen LogP contribution in [0, 0.1) is 25.5 Å². The molecule has 0 aliphatic carbocycles. The molecule has 140 valence electrons. The molecule has 0 spiro atoms. The van der Waals surface area contributed by atoms with E-state index in [2.05, 4.69) is 9.97 Å². The van der Waals surface area contributed by atoms with Gasteiger partial charge in [0.25, 0.3) is 0 Å². The molecule has 1 N–H and O–H groups in total. The number of H-pyrrole nitrogens is 1. The molecule has 4 rings (SSSR count). The molecule has 0 radical (unpaired) electrons. The third-order valence-corrected chi connectivity index (χ3v) is 4.66. The van der Waals surface area contributed by atoms with Crippen molar-refractivity contribution in [2.75, 3.05) is 0 Å². The Bertz CT molecular complexity index is 1270. The standard InChI is InChI=1S/C22H16F2N2O2/c1-12-18(27)9-10-25-21(12)15-11-14-5-3-4-6-17(14)26-22(15)28-19-8-7-16(23)20(24)13(19)2/h3-11H,1-2H3,(H,25,27). The van der Waals surface area contributed by atoms with Gasteiger partial charge in [0.05, 0.1) is 16.8 Å². The van der Waals surface area contributed by atoms with Crippen LogP contribution in [-0.4, -0.2) is 9.97 Å². The smallest absolute Gasteiger partial charge is 0.229 e. The maximum atomic E-state index is 14.0. The van der Waals surface area contributed by atoms with Gasteiger partial charge in [0, 0.05) is 28.8 Å². The number of hydrogen-bond acceptors (Lipinski definition) is 3. The Morgan fingerprint density at radius 2 is 1.79 bits per heavy atom. The Kier molecular flexibility index (Phi) is 4.39. The lowest BCUT2D eigenvalue weighted by Gasteiger charge is -2.15. The molecule has 0 aliphatic heterocycles. The highest BCUT2D eigenvalue weighted by atomic mass is 19.2. The van der Waals surface area contributed by atoms with E-state index in [1.54, 1.807) is 13.1 Å². The number of aromatic nitrogens is 2. The van der Waals surface area contributed by atoms with Gasteiger partial charge in [-0.25, -0.2) is 13.8 Å². The van der Waals surface area contributed by atoms with Crippen LogP contribution in [0.5, 0.6) is 11.6 Å². The Balaban J connectivity index is 1.95. The van der Waals surface area contributed by atoms with E-state index in [9.17, 15) is 13.6 Å². The van der Waals surface area contributed by atoms with E-state index < -0.39 is 11.6 Å². The molecule has 0 saturated carbocycles. The zero-order valence-corrected chi connectivity index (χ0v) is 15.2. The van der Waals surface area contributed by atoms with Crippen LogP contribution in [-0.2, 0) is 0 Å². The van der Waals surface area contributed by atoms with Gasteiger partial charge in [-0.1, -0.05) is 18.2 Å². The number of aromatic amines is 1. The van der Waals surface area contributed by atoms with Crippen LogP contribution in [0.1, 0.15) is 11.1 Å². The molecular weight excluding hydrogens is 362 g/mol. The van der Waals surface area contributed by atoms with E-state index >= 15 is 0 Å². The molecule has 4 aromatic rings. The molecule has 0 aliphatic rings. The summed E-state index contributed by atoms with van der Waals surface area (Å²) < 4.78 is 33.3. The van der Waals surface area contributed by atoms with Crippen molar-refractivity contribution in [3.8, 4) is 22.9 Å². The Labute approximate surface area is 159 Å². The lowest BCUT2D eigenvalue weighted by Crippen LogP contribution is -2.07. The van der Waals surface area contributed by atoms with Crippen LogP contribution in [0.4, 0.5) is 8.78 Å². The lowest BCUT2D eigenvalue weighted by molar-refractivity contribution is 0.444. The predicted molar refractivity (Wildman–Crippen MR) is 104 cm³/mol. The highest BCUT2D eigenvalue weighted by Gasteiger charge is 2.18. The highest BCUT2D eigenvalue weighted by Crippen LogP contribution is 2.36. The van der Waals surface area contributed by atoms with Crippen LogP contribution in [0.15, 0.2) is 59.5 Å². The van der Waals surface area contributed by atoms with E-state index in [0.717, 1.165) is 11.5 Å². The zero-order valence-electron chi connectivity index (χ0n) is 15.2. The SMILES string of the molecule is Cc1c(Oc2nc3ccccc3cc2-c2[nH]ccc(=O)c2C)ccc(F)c1F. The molecular formula is C22H16F2N2O2. The maximum absolute atomic E-state index is 14.0. The molecule has 4 nitrogen and oxygen atoms in total. The summed E-state index contributed by atoms with van der Waals surface area (Å²) in [6.07, 6.45) is 1.55. The number of halogens is 2. The first-order valence-electron chi connectivity index (χ1n) is 8.66. The topological polar surface area (TPSA) is 55.0 Å². The molecule has 0 amide bonds. The van der Waals surface area contributed by atoms with Crippen LogP contribution in [0.2, 0.25) is 0 Å². The van der Waals surface area contributed by atoms with Gasteiger partial charge in [-0.05, 0) is 38.1 Å². The van der Waals surface area contributed by atoms with Gasteiger partial charge in [0.1, 0.15) is 5.75 Å². The Morgan fingerprint density at radius 1 is 1.00 bits per heavy atom. The van der Waals surface area contributed by atoms with Gasteiger partial charge in [-0.2, -0.15) is 0 Å². The fourth-order valence-electron chi connectivity index (χ4n) is 3.04. The Hall–Kier alpha value is -3.54. The van der Waals surface area contributed by atoms with E-state index in [-0.39, 0.29) is 22.6 Å². The van der Waals surface area contributed by atoms with Gasteiger partial charge in [0.2, 0.25) is 5.88 Å². The number of pyridine rings is 2. The first kappa shape index (κ1) is 17.9. The quantitative estimate of drug-likeness (QED) is 0.528. The minimum Gasteiger partial charge on any atom is -0.438 e. The van der Waals surface area contributed by atoms with Gasteiger partial charge in [-0.15, -0.1) is 0 Å². The zero-order chi connectivity index (χ0) is 19.8. The first-order chi connectivity index (χ1) is 13.5. The Morgan fingerprint density at radius 3 is 2.61 bits per heavy atom. The van der Waals surface area contributed by atoms with Gasteiger partial charge >= 0.3 is 0 Å². The summed E-state index contributed by atoms with van der Waals surface area (Å²) >= 11 is 0. The van der Waals surface area contributed by atoms with Gasteiger partial charge in [-0.3, -0.25) is 4.79 Å². The average molecular weight is 378 g/mol. The van der Waals surface area contributed by atoms with Crippen LogP contribution >= 0.6 is 0 Å². The van der Waals surface area contributed by atoms with Crippen molar-refractivity contribution >= 4 is 10.9 Å². The van der Waals surface area contributed by atoms with Crippen LogP contribution in [0.25, 0.3) is 22.2 Å². The second-order valence-corrected chi connectivity index (χ2v) is 6.46. The monoisotopic (exact) mass is 378 g/mol. The van der Waals surface area contributed by atoms with E-state index in [1.165, 1.54) is 19.1 Å². The minimum atomic E-state index is -0.968. The molecule has 2 heterocycles. The van der Waals surface area contributed by atoms with Gasteiger partial charge in [0.15, 0.2) is 17.1 Å². The fourth-order valence-corrected chi connectivity index (χ4v) is 3.04. The van der Waals surface area contributed by atoms with Crippen molar-refractivity contribution in [1.82, 2.24) is 9.97 Å². The number of para-hydroxylation sites is 1. The molecule has 0 atom stereocenters. The van der Waals surface area contributed by atoms with E-state index in [1.807, 2.05) is 30.3 Å². The number of ether oxygens (including phenoxy) is 1. The lowest BCUT2D eigenvalue weighted by atomic mass is 10.1. The molecule has 0 unspecified atom stereocenters. The summed E-state index contributed by atoms with van der Waals surface area (Å²) in [7, 11) is 0. The second kappa shape index (κ2) is 6.88. The number of nitrogens with zero attached hydrogens (tertiary/aromatic N) is 1. The van der Waals surface area contributed by atoms with Crippen molar-refractivity contribution < 1.29 is 13.5 Å². The van der Waals surface area contributed by atoms with Crippen molar-refractivity contribution in [3.63, 3.8) is 0 Å². The summed E-state index contributed by atoms with van der Waals surface area (Å²) in [6.45, 7) is 3.14. The summed E-state index contributed by atoms with van der Waals surface area (Å²) in [5.74, 6) is -1.57. The third-order valence-electron chi connectivity index (χ3n) is 4.66. The van der Waals surface area contributed by atoms with Crippen LogP contribution < -0.4 is 10.2 Å². The number of nitrogens with one attached hydrogen (secondary N) is 1. The normalized spacial score (nSPS) is 11.0. The molecule has 6 heteroatoms. The minimum absolute atomic E-state index is 0.0409. The van der Waals surface area contributed by atoms with E-state index in [4.69, 9.17) is 4.74 Å². The van der Waals surface area contributed by atoms with Gasteiger partial charge < -0.3 is 9.72 Å². The average Bonchev–Trinajstić information content (AvgIpc) is 2.70. The predicted octanol–water partition coefficient (Wildman–Crippen LogP) is 5.28.